The maximum atomic E-state index is 12.3. The predicted molar refractivity (Wildman–Crippen MR) is 65.6 cm³/mol. The number of hydrogen-bond acceptors (Lipinski definition) is 4. The van der Waals surface area contributed by atoms with Crippen LogP contribution in [0.25, 0.3) is 0 Å². The van der Waals surface area contributed by atoms with Crippen LogP contribution in [0, 0.1) is 0 Å². The molecule has 1 atom stereocenters. The van der Waals surface area contributed by atoms with Crippen molar-refractivity contribution in [3.8, 4) is 0 Å². The van der Waals surface area contributed by atoms with E-state index in [2.05, 4.69) is 5.32 Å². The summed E-state index contributed by atoms with van der Waals surface area (Å²) in [6.07, 6.45) is 0.393. The van der Waals surface area contributed by atoms with Crippen LogP contribution in [0.5, 0.6) is 0 Å². The normalized spacial score (nSPS) is 34.5. The number of amides is 2. The molecular weight excluding hydrogens is 256 g/mol. The maximum Gasteiger partial charge on any atom is 0.248 e. The summed E-state index contributed by atoms with van der Waals surface area (Å²) >= 11 is 0. The summed E-state index contributed by atoms with van der Waals surface area (Å²) in [6.45, 7) is 4.94. The van der Waals surface area contributed by atoms with Gasteiger partial charge in [0, 0.05) is 0 Å². The van der Waals surface area contributed by atoms with Gasteiger partial charge >= 0.3 is 0 Å². The first-order valence-corrected chi connectivity index (χ1v) is 7.71. The summed E-state index contributed by atoms with van der Waals surface area (Å²) in [6, 6.07) is 0. The quantitative estimate of drug-likeness (QED) is 0.685. The van der Waals surface area contributed by atoms with Crippen LogP contribution in [-0.2, 0) is 19.4 Å². The Kier molecular flexibility index (Phi) is 2.73. The lowest BCUT2D eigenvalue weighted by Crippen LogP contribution is -2.68. The van der Waals surface area contributed by atoms with E-state index in [1.807, 2.05) is 0 Å². The number of nitrogens with zero attached hydrogens (tertiary/aromatic N) is 1. The van der Waals surface area contributed by atoms with Crippen LogP contribution in [0.1, 0.15) is 27.2 Å². The van der Waals surface area contributed by atoms with Gasteiger partial charge in [0.25, 0.3) is 0 Å². The van der Waals surface area contributed by atoms with Crippen LogP contribution in [0.4, 0.5) is 0 Å². The third-order valence-corrected chi connectivity index (χ3v) is 5.56. The van der Waals surface area contributed by atoms with Crippen LogP contribution in [0.15, 0.2) is 0 Å². The molecule has 2 aliphatic rings. The Morgan fingerprint density at radius 2 is 1.83 bits per heavy atom. The molecule has 102 valence electrons. The van der Waals surface area contributed by atoms with E-state index in [9.17, 15) is 18.0 Å². The van der Waals surface area contributed by atoms with Gasteiger partial charge in [0.15, 0.2) is 9.84 Å². The van der Waals surface area contributed by atoms with Gasteiger partial charge in [-0.2, -0.15) is 0 Å². The number of carbonyl (C=O) groups is 2. The van der Waals surface area contributed by atoms with Gasteiger partial charge in [0.05, 0.1) is 17.0 Å². The molecule has 18 heavy (non-hydrogen) atoms. The van der Waals surface area contributed by atoms with Crippen molar-refractivity contribution in [2.75, 3.05) is 18.1 Å². The Labute approximate surface area is 107 Å². The molecule has 0 radical (unpaired) electrons. The topological polar surface area (TPSA) is 83.6 Å². The van der Waals surface area contributed by atoms with Crippen molar-refractivity contribution in [1.82, 2.24) is 10.2 Å². The zero-order valence-electron chi connectivity index (χ0n) is 10.8. The summed E-state index contributed by atoms with van der Waals surface area (Å²) in [5, 5.41) is 2.62. The molecule has 2 heterocycles. The number of rotatable bonds is 1. The van der Waals surface area contributed by atoms with Crippen molar-refractivity contribution in [2.45, 2.75) is 38.3 Å². The third-order valence-electron chi connectivity index (χ3n) is 3.67. The molecule has 2 fully saturated rings. The summed E-state index contributed by atoms with van der Waals surface area (Å²) in [4.78, 5) is 25.4. The van der Waals surface area contributed by atoms with E-state index in [0.717, 1.165) is 0 Å². The molecule has 6 nitrogen and oxygen atoms in total. The third kappa shape index (κ3) is 2.11. The van der Waals surface area contributed by atoms with Gasteiger partial charge in [0.1, 0.15) is 12.1 Å². The molecule has 2 rings (SSSR count). The lowest BCUT2D eigenvalue weighted by Gasteiger charge is -2.45. The number of piperazine rings is 1. The fourth-order valence-corrected chi connectivity index (χ4v) is 4.78. The van der Waals surface area contributed by atoms with E-state index in [1.165, 1.54) is 4.90 Å². The Morgan fingerprint density at radius 1 is 1.22 bits per heavy atom. The van der Waals surface area contributed by atoms with E-state index in [0.29, 0.717) is 6.42 Å². The highest BCUT2D eigenvalue weighted by atomic mass is 32.2. The highest BCUT2D eigenvalue weighted by molar-refractivity contribution is 7.91. The van der Waals surface area contributed by atoms with Crippen molar-refractivity contribution in [3.63, 3.8) is 0 Å². The van der Waals surface area contributed by atoms with E-state index < -0.39 is 20.9 Å². The fraction of sp³-hybridized carbons (Fsp3) is 0.818. The molecule has 1 N–H and O–H groups in total. The molecule has 2 saturated heterocycles. The monoisotopic (exact) mass is 274 g/mol. The Bertz CT molecular complexity index is 511. The summed E-state index contributed by atoms with van der Waals surface area (Å²) in [7, 11) is -3.11. The van der Waals surface area contributed by atoms with Gasteiger partial charge in [-0.1, -0.05) is 0 Å². The highest BCUT2D eigenvalue weighted by Gasteiger charge is 2.50. The number of hydrogen-bond donors (Lipinski definition) is 1. The van der Waals surface area contributed by atoms with E-state index in [1.54, 1.807) is 20.8 Å². The zero-order valence-corrected chi connectivity index (χ0v) is 11.6. The summed E-state index contributed by atoms with van der Waals surface area (Å²) in [5.41, 5.74) is -1.73. The first kappa shape index (κ1) is 13.3. The number of carbonyl (C=O) groups excluding carboxylic acids is 2. The van der Waals surface area contributed by atoms with Crippen molar-refractivity contribution >= 4 is 21.7 Å². The van der Waals surface area contributed by atoms with Crippen molar-refractivity contribution in [2.24, 2.45) is 0 Å². The number of sulfone groups is 1. The molecule has 2 amide bonds. The van der Waals surface area contributed by atoms with Crippen LogP contribution < -0.4 is 5.32 Å². The largest absolute Gasteiger partial charge is 0.341 e. The van der Waals surface area contributed by atoms with Gasteiger partial charge in [-0.25, -0.2) is 8.42 Å². The zero-order chi connectivity index (χ0) is 13.8. The van der Waals surface area contributed by atoms with Crippen LogP contribution >= 0.6 is 0 Å². The second-order valence-electron chi connectivity index (χ2n) is 5.90. The average molecular weight is 274 g/mol. The first-order valence-electron chi connectivity index (χ1n) is 5.89. The summed E-state index contributed by atoms with van der Waals surface area (Å²) < 4.78 is 23.2. The molecule has 7 heteroatoms. The molecule has 0 aromatic rings. The first-order chi connectivity index (χ1) is 8.06. The van der Waals surface area contributed by atoms with Crippen molar-refractivity contribution in [3.05, 3.63) is 0 Å². The molecule has 0 aromatic heterocycles. The van der Waals surface area contributed by atoms with Crippen LogP contribution in [0.2, 0.25) is 0 Å². The minimum atomic E-state index is -3.11. The minimum absolute atomic E-state index is 0.0604. The average Bonchev–Trinajstić information content (AvgIpc) is 2.47. The Balaban J connectivity index is 2.33. The van der Waals surface area contributed by atoms with E-state index in [-0.39, 0.29) is 29.9 Å². The maximum absolute atomic E-state index is 12.3. The lowest BCUT2D eigenvalue weighted by atomic mass is 9.92. The molecule has 1 unspecified atom stereocenters. The predicted octanol–water partition coefficient (Wildman–Crippen LogP) is -0.699. The van der Waals surface area contributed by atoms with Gasteiger partial charge in [0.2, 0.25) is 11.8 Å². The Morgan fingerprint density at radius 3 is 2.33 bits per heavy atom. The second-order valence-corrected chi connectivity index (χ2v) is 8.09. The molecule has 2 aliphatic heterocycles. The minimum Gasteiger partial charge on any atom is -0.341 e. The van der Waals surface area contributed by atoms with Gasteiger partial charge in [-0.05, 0) is 27.2 Å². The van der Waals surface area contributed by atoms with Crippen LogP contribution in [-0.4, -0.2) is 54.3 Å². The Hall–Kier alpha value is -1.11. The molecule has 0 spiro atoms. The highest BCUT2D eigenvalue weighted by Crippen LogP contribution is 2.32. The van der Waals surface area contributed by atoms with Crippen molar-refractivity contribution in [1.29, 1.82) is 0 Å². The van der Waals surface area contributed by atoms with E-state index >= 15 is 0 Å². The smallest absolute Gasteiger partial charge is 0.248 e. The molecule has 0 bridgehead atoms. The second kappa shape index (κ2) is 3.69. The van der Waals surface area contributed by atoms with E-state index in [4.69, 9.17) is 0 Å². The molecule has 0 saturated carbocycles. The van der Waals surface area contributed by atoms with Crippen molar-refractivity contribution < 1.29 is 18.0 Å². The fourth-order valence-electron chi connectivity index (χ4n) is 2.64. The lowest BCUT2D eigenvalue weighted by molar-refractivity contribution is -0.153. The number of nitrogens with one attached hydrogen (secondary N) is 1. The SMILES string of the molecule is CC1(C)NC(=O)CN(C2(C)CCS(=O)(=O)C2)C1=O. The van der Waals surface area contributed by atoms with Gasteiger partial charge in [-0.15, -0.1) is 0 Å². The molecular formula is C11H18N2O4S. The molecule has 0 aromatic carbocycles. The van der Waals surface area contributed by atoms with Crippen LogP contribution in [0.3, 0.4) is 0 Å². The standard InChI is InChI=1S/C11H18N2O4S/c1-10(2)9(15)13(6-8(14)12-10)11(3)4-5-18(16,17)7-11/h4-7H2,1-3H3,(H,12,14). The summed E-state index contributed by atoms with van der Waals surface area (Å²) in [5.74, 6) is -0.448. The van der Waals surface area contributed by atoms with Gasteiger partial charge in [-0.3, -0.25) is 9.59 Å². The van der Waals surface area contributed by atoms with Gasteiger partial charge < -0.3 is 10.2 Å². The molecule has 0 aliphatic carbocycles.